The van der Waals surface area contributed by atoms with E-state index < -0.39 is 0 Å². The largest absolute Gasteiger partial charge is 0.299 e. The number of hydrogen-bond acceptors (Lipinski definition) is 2. The molecule has 0 aromatic carbocycles. The lowest BCUT2D eigenvalue weighted by Crippen LogP contribution is -1.87. The molecule has 1 unspecified atom stereocenters. The normalized spacial score (nSPS) is 13.6. The van der Waals surface area contributed by atoms with Crippen LogP contribution in [0.4, 0.5) is 0 Å². The molecule has 0 bridgehead atoms. The van der Waals surface area contributed by atoms with Crippen molar-refractivity contribution in [2.24, 2.45) is 5.92 Å². The van der Waals surface area contributed by atoms with Crippen molar-refractivity contribution in [3.05, 3.63) is 12.2 Å². The number of allylic oxidation sites excluding steroid dienone is 2. The molecule has 1 radical (unpaired) electrons. The molecule has 0 aliphatic heterocycles. The number of carbonyl (C=O) groups is 1. The van der Waals surface area contributed by atoms with Gasteiger partial charge >= 0.3 is 0 Å². The molecule has 43 valence electrons. The highest BCUT2D eigenvalue weighted by molar-refractivity contribution is 5.67. The molecule has 0 aromatic rings. The maximum Gasteiger partial charge on any atom is 0.205 e. The molecular formula is C6H7O2. The fraction of sp³-hybridized carbons (Fsp3) is 0.333. The van der Waals surface area contributed by atoms with E-state index in [0.29, 0.717) is 6.29 Å². The second kappa shape index (κ2) is 4.24. The lowest BCUT2D eigenvalue weighted by atomic mass is 10.2. The molecule has 0 aliphatic rings. The molecule has 1 atom stereocenters. The molecule has 0 aliphatic carbocycles. The Labute approximate surface area is 48.2 Å². The number of rotatable bonds is 3. The van der Waals surface area contributed by atoms with Crippen molar-refractivity contribution in [2.75, 3.05) is 0 Å². The van der Waals surface area contributed by atoms with Gasteiger partial charge in [0.15, 0.2) is 0 Å². The molecule has 8 heavy (non-hydrogen) atoms. The van der Waals surface area contributed by atoms with E-state index in [1.165, 1.54) is 12.2 Å². The Morgan fingerprint density at radius 1 is 1.62 bits per heavy atom. The highest BCUT2D eigenvalue weighted by atomic mass is 16.1. The van der Waals surface area contributed by atoms with Crippen molar-refractivity contribution in [3.8, 4) is 0 Å². The van der Waals surface area contributed by atoms with Gasteiger partial charge in [-0.3, -0.25) is 9.59 Å². The Hall–Kier alpha value is -0.920. The van der Waals surface area contributed by atoms with E-state index in [9.17, 15) is 9.59 Å². The van der Waals surface area contributed by atoms with Crippen molar-refractivity contribution in [2.45, 2.75) is 6.92 Å². The van der Waals surface area contributed by atoms with Gasteiger partial charge in [0.05, 0.1) is 0 Å². The smallest absolute Gasteiger partial charge is 0.205 e. The Morgan fingerprint density at radius 3 is 2.62 bits per heavy atom. The molecule has 0 aromatic heterocycles. The van der Waals surface area contributed by atoms with Crippen LogP contribution in [0, 0.1) is 5.92 Å². The quantitative estimate of drug-likeness (QED) is 0.392. The topological polar surface area (TPSA) is 34.1 Å². The van der Waals surface area contributed by atoms with Gasteiger partial charge in [0.25, 0.3) is 0 Å². The first-order valence-corrected chi connectivity index (χ1v) is 2.31. The minimum atomic E-state index is -0.264. The van der Waals surface area contributed by atoms with Crippen LogP contribution in [0.15, 0.2) is 12.2 Å². The van der Waals surface area contributed by atoms with Gasteiger partial charge in [-0.05, 0) is 6.08 Å². The standard InChI is InChI=1S/C6H7O2/c1-6(5-8)3-2-4-7/h2-4,6H,1H3. The zero-order valence-electron chi connectivity index (χ0n) is 4.63. The predicted molar refractivity (Wildman–Crippen MR) is 30.1 cm³/mol. The molecule has 0 rings (SSSR count). The van der Waals surface area contributed by atoms with Gasteiger partial charge in [0, 0.05) is 5.92 Å². The van der Waals surface area contributed by atoms with Crippen molar-refractivity contribution < 1.29 is 9.59 Å². The van der Waals surface area contributed by atoms with Crippen molar-refractivity contribution in [3.63, 3.8) is 0 Å². The van der Waals surface area contributed by atoms with Gasteiger partial charge in [0.1, 0.15) is 6.29 Å². The van der Waals surface area contributed by atoms with Crippen LogP contribution < -0.4 is 0 Å². The van der Waals surface area contributed by atoms with Crippen molar-refractivity contribution in [1.82, 2.24) is 0 Å². The van der Waals surface area contributed by atoms with E-state index in [2.05, 4.69) is 0 Å². The monoisotopic (exact) mass is 111 g/mol. The van der Waals surface area contributed by atoms with Crippen LogP contribution in [0.1, 0.15) is 6.92 Å². The van der Waals surface area contributed by atoms with Crippen LogP contribution in [-0.4, -0.2) is 12.6 Å². The van der Waals surface area contributed by atoms with Crippen molar-refractivity contribution in [1.29, 1.82) is 0 Å². The van der Waals surface area contributed by atoms with E-state index >= 15 is 0 Å². The molecule has 2 nitrogen and oxygen atoms in total. The summed E-state index contributed by atoms with van der Waals surface area (Å²) >= 11 is 0. The molecule has 0 spiro atoms. The van der Waals surface area contributed by atoms with Gasteiger partial charge < -0.3 is 0 Å². The molecule has 0 fully saturated rings. The summed E-state index contributed by atoms with van der Waals surface area (Å²) in [7, 11) is 0. The third-order valence-electron chi connectivity index (χ3n) is 0.664. The van der Waals surface area contributed by atoms with Crippen LogP contribution in [0.2, 0.25) is 0 Å². The zero-order chi connectivity index (χ0) is 6.41. The second-order valence-corrected chi connectivity index (χ2v) is 1.43. The number of hydrogen-bond donors (Lipinski definition) is 0. The third-order valence-corrected chi connectivity index (χ3v) is 0.664. The fourth-order valence-corrected chi connectivity index (χ4v) is 0.251. The summed E-state index contributed by atoms with van der Waals surface area (Å²) in [5.74, 6) is -0.264. The van der Waals surface area contributed by atoms with Crippen LogP contribution in [0.3, 0.4) is 0 Å². The summed E-state index contributed by atoms with van der Waals surface area (Å²) in [6.07, 6.45) is 5.11. The predicted octanol–water partition coefficient (Wildman–Crippen LogP) is 0.487. The molecule has 0 saturated carbocycles. The average molecular weight is 111 g/mol. The lowest BCUT2D eigenvalue weighted by Gasteiger charge is -1.84. The maximum atomic E-state index is 9.72. The van der Waals surface area contributed by atoms with Gasteiger partial charge in [-0.1, -0.05) is 13.0 Å². The first kappa shape index (κ1) is 7.08. The van der Waals surface area contributed by atoms with Gasteiger partial charge in [-0.25, -0.2) is 0 Å². The Bertz CT molecular complexity index is 105. The summed E-state index contributed by atoms with van der Waals surface area (Å²) in [4.78, 5) is 19.3. The van der Waals surface area contributed by atoms with E-state index in [0.717, 1.165) is 0 Å². The number of carbonyl (C=O) groups excluding carboxylic acids is 2. The van der Waals surface area contributed by atoms with Crippen molar-refractivity contribution >= 4 is 12.6 Å². The Morgan fingerprint density at radius 2 is 2.25 bits per heavy atom. The average Bonchev–Trinajstić information content (AvgIpc) is 1.83. The van der Waals surface area contributed by atoms with Crippen LogP contribution in [0.25, 0.3) is 0 Å². The Balaban J connectivity index is 3.50. The second-order valence-electron chi connectivity index (χ2n) is 1.43. The van der Waals surface area contributed by atoms with Gasteiger partial charge in [-0.2, -0.15) is 0 Å². The minimum Gasteiger partial charge on any atom is -0.299 e. The maximum absolute atomic E-state index is 9.72. The van der Waals surface area contributed by atoms with Gasteiger partial charge in [-0.15, -0.1) is 0 Å². The van der Waals surface area contributed by atoms with Crippen LogP contribution in [0.5, 0.6) is 0 Å². The fourth-order valence-electron chi connectivity index (χ4n) is 0.251. The van der Waals surface area contributed by atoms with E-state index in [1.54, 1.807) is 13.2 Å². The summed E-state index contributed by atoms with van der Waals surface area (Å²) < 4.78 is 0. The zero-order valence-corrected chi connectivity index (χ0v) is 4.63. The van der Waals surface area contributed by atoms with Crippen LogP contribution in [-0.2, 0) is 9.59 Å². The van der Waals surface area contributed by atoms with E-state index in [-0.39, 0.29) is 5.92 Å². The third kappa shape index (κ3) is 3.28. The lowest BCUT2D eigenvalue weighted by molar-refractivity contribution is -0.104. The first-order valence-electron chi connectivity index (χ1n) is 2.31. The first-order chi connectivity index (χ1) is 3.81. The molecular weight excluding hydrogens is 104 g/mol. The summed E-state index contributed by atoms with van der Waals surface area (Å²) in [6, 6.07) is 0. The van der Waals surface area contributed by atoms with E-state index in [4.69, 9.17) is 0 Å². The highest BCUT2D eigenvalue weighted by Gasteiger charge is 1.89. The van der Waals surface area contributed by atoms with Crippen LogP contribution >= 0.6 is 0 Å². The summed E-state index contributed by atoms with van der Waals surface area (Å²) in [6.45, 7) is 1.66. The van der Waals surface area contributed by atoms with E-state index in [1.807, 2.05) is 0 Å². The summed E-state index contributed by atoms with van der Waals surface area (Å²) in [5.41, 5.74) is 0. The minimum absolute atomic E-state index is 0.264. The molecule has 0 heterocycles. The SMILES string of the molecule is CC([C]=O)C=CC=O. The molecule has 0 amide bonds. The highest BCUT2D eigenvalue weighted by Crippen LogP contribution is 1.88. The molecule has 0 N–H and O–H groups in total. The molecule has 0 saturated heterocycles. The van der Waals surface area contributed by atoms with Gasteiger partial charge in [0.2, 0.25) is 6.29 Å². The summed E-state index contributed by atoms with van der Waals surface area (Å²) in [5, 5.41) is 0. The number of aldehydes is 1. The molecule has 2 heteroatoms. The Kier molecular flexibility index (Phi) is 3.76.